The van der Waals surface area contributed by atoms with E-state index in [4.69, 9.17) is 27.8 Å². The van der Waals surface area contributed by atoms with Crippen molar-refractivity contribution < 1.29 is 9.53 Å². The van der Waals surface area contributed by atoms with Gasteiger partial charge in [0.1, 0.15) is 11.6 Å². The first-order valence-electron chi connectivity index (χ1n) is 5.54. The van der Waals surface area contributed by atoms with Crippen LogP contribution < -0.4 is 16.2 Å². The molecule has 4 N–H and O–H groups in total. The van der Waals surface area contributed by atoms with E-state index in [1.54, 1.807) is 43.0 Å². The van der Waals surface area contributed by atoms with Crippen LogP contribution in [0.25, 0.3) is 11.3 Å². The lowest BCUT2D eigenvalue weighted by atomic mass is 10.1. The second-order valence-corrected chi connectivity index (χ2v) is 4.53. The predicted octanol–water partition coefficient (Wildman–Crippen LogP) is 2.04. The molecule has 100 valence electrons. The smallest absolute Gasteiger partial charge is 0.252 e. The monoisotopic (exact) mass is 279 g/mol. The minimum absolute atomic E-state index is 0.277. The Balaban J connectivity index is 2.69. The largest absolute Gasteiger partial charge is 0.496 e. The molecule has 2 aromatic rings. The highest BCUT2D eigenvalue weighted by atomic mass is 35.5. The van der Waals surface area contributed by atoms with Crippen LogP contribution in [0.4, 0.5) is 5.82 Å². The van der Waals surface area contributed by atoms with Crippen LogP contribution in [0, 0.1) is 0 Å². The van der Waals surface area contributed by atoms with Crippen molar-refractivity contribution in [3.8, 4) is 17.0 Å². The number of hydrogen-bond acceptors (Lipinski definition) is 3. The summed E-state index contributed by atoms with van der Waals surface area (Å²) >= 11 is 6.00. The standard InChI is InChI=1S/C13H14ClN3O2/c1-17-10(6-9(12(17)15)13(16)18)8-5-7(14)3-4-11(8)19-2/h3-6H,15H2,1-2H3,(H2,16,18). The number of carbonyl (C=O) groups is 1. The van der Waals surface area contributed by atoms with Crippen LogP contribution in [-0.2, 0) is 7.05 Å². The fourth-order valence-corrected chi connectivity index (χ4v) is 2.13. The number of methoxy groups -OCH3 is 1. The number of carbonyl (C=O) groups excluding carboxylic acids is 1. The van der Waals surface area contributed by atoms with Crippen molar-refractivity contribution in [2.45, 2.75) is 0 Å². The molecule has 5 nitrogen and oxygen atoms in total. The van der Waals surface area contributed by atoms with E-state index in [1.807, 2.05) is 0 Å². The van der Waals surface area contributed by atoms with Gasteiger partial charge in [0.15, 0.2) is 0 Å². The molecule has 0 unspecified atom stereocenters. The van der Waals surface area contributed by atoms with Gasteiger partial charge in [0.25, 0.3) is 5.91 Å². The van der Waals surface area contributed by atoms with E-state index >= 15 is 0 Å². The van der Waals surface area contributed by atoms with Crippen LogP contribution in [-0.4, -0.2) is 17.6 Å². The zero-order chi connectivity index (χ0) is 14.2. The minimum Gasteiger partial charge on any atom is -0.496 e. The molecule has 0 aliphatic rings. The van der Waals surface area contributed by atoms with E-state index in [9.17, 15) is 4.79 Å². The number of amides is 1. The fourth-order valence-electron chi connectivity index (χ4n) is 1.95. The Bertz CT molecular complexity index is 650. The Hall–Kier alpha value is -2.14. The molecule has 0 atom stereocenters. The van der Waals surface area contributed by atoms with E-state index in [2.05, 4.69) is 0 Å². The summed E-state index contributed by atoms with van der Waals surface area (Å²) < 4.78 is 6.97. The highest BCUT2D eigenvalue weighted by molar-refractivity contribution is 6.31. The summed E-state index contributed by atoms with van der Waals surface area (Å²) in [6.45, 7) is 0. The van der Waals surface area contributed by atoms with Gasteiger partial charge in [-0.3, -0.25) is 4.79 Å². The molecule has 1 amide bonds. The molecule has 0 fully saturated rings. The number of nitrogens with two attached hydrogens (primary N) is 2. The average Bonchev–Trinajstić information content (AvgIpc) is 2.66. The molecule has 0 aliphatic heterocycles. The van der Waals surface area contributed by atoms with Crippen molar-refractivity contribution in [1.29, 1.82) is 0 Å². The SMILES string of the molecule is COc1ccc(Cl)cc1-c1cc(C(N)=O)c(N)n1C. The molecule has 6 heteroatoms. The van der Waals surface area contributed by atoms with Crippen molar-refractivity contribution >= 4 is 23.3 Å². The quantitative estimate of drug-likeness (QED) is 0.902. The third kappa shape index (κ3) is 2.24. The zero-order valence-electron chi connectivity index (χ0n) is 10.6. The Morgan fingerprint density at radius 2 is 2.05 bits per heavy atom. The summed E-state index contributed by atoms with van der Waals surface area (Å²) in [6, 6.07) is 6.86. The second kappa shape index (κ2) is 4.85. The highest BCUT2D eigenvalue weighted by Crippen LogP contribution is 2.35. The topological polar surface area (TPSA) is 83.3 Å². The number of nitrogen functional groups attached to an aromatic ring is 1. The maximum absolute atomic E-state index is 11.3. The molecule has 2 rings (SSSR count). The molecular weight excluding hydrogens is 266 g/mol. The molecule has 0 saturated carbocycles. The van der Waals surface area contributed by atoms with Crippen molar-refractivity contribution in [3.63, 3.8) is 0 Å². The summed E-state index contributed by atoms with van der Waals surface area (Å²) in [7, 11) is 3.31. The van der Waals surface area contributed by atoms with Gasteiger partial charge < -0.3 is 20.8 Å². The number of halogens is 1. The first kappa shape index (κ1) is 13.3. The van der Waals surface area contributed by atoms with E-state index in [1.165, 1.54) is 0 Å². The molecule has 0 bridgehead atoms. The lowest BCUT2D eigenvalue weighted by molar-refractivity contribution is 0.100. The summed E-state index contributed by atoms with van der Waals surface area (Å²) in [5.41, 5.74) is 12.9. The Morgan fingerprint density at radius 1 is 1.37 bits per heavy atom. The number of primary amides is 1. The van der Waals surface area contributed by atoms with E-state index < -0.39 is 5.91 Å². The van der Waals surface area contributed by atoms with Gasteiger partial charge in [-0.2, -0.15) is 0 Å². The Kier molecular flexibility index (Phi) is 3.40. The van der Waals surface area contributed by atoms with Gasteiger partial charge in [-0.1, -0.05) is 11.6 Å². The number of anilines is 1. The summed E-state index contributed by atoms with van der Waals surface area (Å²) in [4.78, 5) is 11.3. The van der Waals surface area contributed by atoms with E-state index in [0.717, 1.165) is 5.56 Å². The van der Waals surface area contributed by atoms with Crippen molar-refractivity contribution in [2.24, 2.45) is 12.8 Å². The summed E-state index contributed by atoms with van der Waals surface area (Å²) in [6.07, 6.45) is 0. The number of nitrogens with zero attached hydrogens (tertiary/aromatic N) is 1. The van der Waals surface area contributed by atoms with Gasteiger partial charge in [0.2, 0.25) is 0 Å². The van der Waals surface area contributed by atoms with Crippen molar-refractivity contribution in [1.82, 2.24) is 4.57 Å². The average molecular weight is 280 g/mol. The van der Waals surface area contributed by atoms with Crippen molar-refractivity contribution in [2.75, 3.05) is 12.8 Å². The first-order chi connectivity index (χ1) is 8.95. The predicted molar refractivity (Wildman–Crippen MR) is 75.3 cm³/mol. The second-order valence-electron chi connectivity index (χ2n) is 4.10. The third-order valence-electron chi connectivity index (χ3n) is 2.98. The van der Waals surface area contributed by atoms with Crippen LogP contribution in [0.3, 0.4) is 0 Å². The van der Waals surface area contributed by atoms with Gasteiger partial charge in [-0.25, -0.2) is 0 Å². The molecule has 0 aliphatic carbocycles. The molecule has 1 aromatic heterocycles. The maximum atomic E-state index is 11.3. The summed E-state index contributed by atoms with van der Waals surface area (Å²) in [5.74, 6) is 0.380. The maximum Gasteiger partial charge on any atom is 0.252 e. The minimum atomic E-state index is -0.569. The molecular formula is C13H14ClN3O2. The number of aromatic nitrogens is 1. The van der Waals surface area contributed by atoms with E-state index in [0.29, 0.717) is 22.3 Å². The van der Waals surface area contributed by atoms with Crippen LogP contribution in [0.2, 0.25) is 5.02 Å². The Labute approximate surface area is 115 Å². The normalized spacial score (nSPS) is 10.5. The molecule has 0 saturated heterocycles. The van der Waals surface area contributed by atoms with Crippen LogP contribution in [0.15, 0.2) is 24.3 Å². The lowest BCUT2D eigenvalue weighted by Gasteiger charge is -2.10. The van der Waals surface area contributed by atoms with Gasteiger partial charge in [0.05, 0.1) is 18.4 Å². The zero-order valence-corrected chi connectivity index (χ0v) is 11.4. The summed E-state index contributed by atoms with van der Waals surface area (Å²) in [5, 5.41) is 0.566. The van der Waals surface area contributed by atoms with Crippen LogP contribution in [0.1, 0.15) is 10.4 Å². The number of benzene rings is 1. The fraction of sp³-hybridized carbons (Fsp3) is 0.154. The lowest BCUT2D eigenvalue weighted by Crippen LogP contribution is -2.12. The molecule has 1 heterocycles. The molecule has 0 radical (unpaired) electrons. The number of hydrogen-bond donors (Lipinski definition) is 2. The van der Waals surface area contributed by atoms with Crippen molar-refractivity contribution in [3.05, 3.63) is 34.9 Å². The number of rotatable bonds is 3. The van der Waals surface area contributed by atoms with Gasteiger partial charge >= 0.3 is 0 Å². The third-order valence-corrected chi connectivity index (χ3v) is 3.22. The van der Waals surface area contributed by atoms with Crippen LogP contribution >= 0.6 is 11.6 Å². The first-order valence-corrected chi connectivity index (χ1v) is 5.92. The number of ether oxygens (including phenoxy) is 1. The van der Waals surface area contributed by atoms with E-state index in [-0.39, 0.29) is 5.56 Å². The van der Waals surface area contributed by atoms with Gasteiger partial charge in [-0.05, 0) is 24.3 Å². The Morgan fingerprint density at radius 3 is 2.58 bits per heavy atom. The molecule has 0 spiro atoms. The highest BCUT2D eigenvalue weighted by Gasteiger charge is 2.17. The molecule has 19 heavy (non-hydrogen) atoms. The molecule has 1 aromatic carbocycles. The van der Waals surface area contributed by atoms with Gasteiger partial charge in [0, 0.05) is 17.6 Å². The van der Waals surface area contributed by atoms with Gasteiger partial charge in [-0.15, -0.1) is 0 Å². The van der Waals surface area contributed by atoms with Crippen LogP contribution in [0.5, 0.6) is 5.75 Å².